The average Bonchev–Trinajstić information content (AvgIpc) is 2.57. The first kappa shape index (κ1) is 16.0. The zero-order valence-corrected chi connectivity index (χ0v) is 12.5. The van der Waals surface area contributed by atoms with Gasteiger partial charge < -0.3 is 9.84 Å². The summed E-state index contributed by atoms with van der Waals surface area (Å²) in [6, 6.07) is 16.9. The van der Waals surface area contributed by atoms with Gasteiger partial charge in [0.1, 0.15) is 12.4 Å². The fourth-order valence-corrected chi connectivity index (χ4v) is 2.28. The van der Waals surface area contributed by atoms with Gasteiger partial charge in [-0.15, -0.1) is 11.6 Å². The maximum absolute atomic E-state index is 12.6. The predicted octanol–water partition coefficient (Wildman–Crippen LogP) is 3.26. The van der Waals surface area contributed by atoms with E-state index in [2.05, 4.69) is 0 Å². The summed E-state index contributed by atoms with van der Waals surface area (Å²) >= 11 is 5.85. The quantitative estimate of drug-likeness (QED) is 0.483. The zero-order valence-electron chi connectivity index (χ0n) is 11.7. The molecule has 22 heavy (non-hydrogen) atoms. The van der Waals surface area contributed by atoms with Gasteiger partial charge in [0.25, 0.3) is 0 Å². The summed E-state index contributed by atoms with van der Waals surface area (Å²) in [6.07, 6.45) is 0. The maximum atomic E-state index is 12.6. The third-order valence-corrected chi connectivity index (χ3v) is 3.79. The van der Waals surface area contributed by atoms with Gasteiger partial charge in [0, 0.05) is 11.4 Å². The molecule has 0 radical (unpaired) electrons. The summed E-state index contributed by atoms with van der Waals surface area (Å²) in [5.74, 6) is -1.75. The van der Waals surface area contributed by atoms with Crippen LogP contribution in [0.25, 0.3) is 0 Å². The highest BCUT2D eigenvalue weighted by Gasteiger charge is 2.47. The summed E-state index contributed by atoms with van der Waals surface area (Å²) < 4.78 is 5.48. The van der Waals surface area contributed by atoms with Crippen LogP contribution in [0.3, 0.4) is 0 Å². The number of carbonyl (C=O) groups is 2. The number of benzene rings is 2. The largest absolute Gasteiger partial charge is 0.492 e. The first-order chi connectivity index (χ1) is 10.6. The third kappa shape index (κ3) is 3.28. The molecule has 0 bridgehead atoms. The predicted molar refractivity (Wildman–Crippen MR) is 83.5 cm³/mol. The molecule has 2 aromatic carbocycles. The Morgan fingerprint density at radius 2 is 1.55 bits per heavy atom. The molecule has 114 valence electrons. The van der Waals surface area contributed by atoms with Crippen LogP contribution in [0.1, 0.15) is 10.4 Å². The molecule has 4 nitrogen and oxygen atoms in total. The minimum Gasteiger partial charge on any atom is -0.492 e. The Morgan fingerprint density at radius 1 is 1.00 bits per heavy atom. The lowest BCUT2D eigenvalue weighted by Gasteiger charge is -2.25. The molecular weight excluding hydrogens is 304 g/mol. The number of rotatable bonds is 7. The van der Waals surface area contributed by atoms with E-state index >= 15 is 0 Å². The lowest BCUT2D eigenvalue weighted by atomic mass is 9.82. The number of halogens is 1. The van der Waals surface area contributed by atoms with Gasteiger partial charge in [0.15, 0.2) is 11.2 Å². The van der Waals surface area contributed by atoms with Gasteiger partial charge >= 0.3 is 5.97 Å². The third-order valence-electron chi connectivity index (χ3n) is 3.34. The standard InChI is InChI=1S/C17H15ClO4/c18-11-17(16(20)21,12-22-14-9-5-2-6-10-14)15(19)13-7-3-1-4-8-13/h1-10H,11-12H2,(H,20,21). The van der Waals surface area contributed by atoms with Crippen LogP contribution in [-0.2, 0) is 4.79 Å². The van der Waals surface area contributed by atoms with E-state index in [4.69, 9.17) is 16.3 Å². The van der Waals surface area contributed by atoms with Gasteiger partial charge in [-0.25, -0.2) is 0 Å². The molecule has 2 aromatic rings. The van der Waals surface area contributed by atoms with Crippen molar-refractivity contribution in [2.24, 2.45) is 5.41 Å². The number of carbonyl (C=O) groups excluding carboxylic acids is 1. The molecular formula is C17H15ClO4. The number of Topliss-reactive ketones (excluding diaryl/α,β-unsaturated/α-hetero) is 1. The van der Waals surface area contributed by atoms with Crippen molar-refractivity contribution in [1.82, 2.24) is 0 Å². The minimum atomic E-state index is -1.82. The number of para-hydroxylation sites is 1. The number of ketones is 1. The van der Waals surface area contributed by atoms with Crippen molar-refractivity contribution in [3.05, 3.63) is 66.2 Å². The van der Waals surface area contributed by atoms with Crippen LogP contribution in [-0.4, -0.2) is 29.3 Å². The molecule has 0 amide bonds. The second-order valence-corrected chi connectivity index (χ2v) is 5.09. The molecule has 5 heteroatoms. The van der Waals surface area contributed by atoms with Crippen LogP contribution in [0.4, 0.5) is 0 Å². The Kier molecular flexibility index (Phi) is 5.17. The Morgan fingerprint density at radius 3 is 2.05 bits per heavy atom. The van der Waals surface area contributed by atoms with Crippen LogP contribution in [0, 0.1) is 5.41 Å². The van der Waals surface area contributed by atoms with E-state index in [1.54, 1.807) is 54.6 Å². The summed E-state index contributed by atoms with van der Waals surface area (Å²) in [5, 5.41) is 9.55. The zero-order chi connectivity index (χ0) is 16.0. The SMILES string of the molecule is O=C(O)C(CCl)(COc1ccccc1)C(=O)c1ccccc1. The van der Waals surface area contributed by atoms with E-state index in [9.17, 15) is 14.7 Å². The summed E-state index contributed by atoms with van der Waals surface area (Å²) in [4.78, 5) is 24.3. The lowest BCUT2D eigenvalue weighted by molar-refractivity contribution is -0.146. The van der Waals surface area contributed by atoms with Crippen molar-refractivity contribution in [3.63, 3.8) is 0 Å². The first-order valence-electron chi connectivity index (χ1n) is 6.67. The highest BCUT2D eigenvalue weighted by Crippen LogP contribution is 2.27. The van der Waals surface area contributed by atoms with Gasteiger partial charge in [-0.05, 0) is 12.1 Å². The second-order valence-electron chi connectivity index (χ2n) is 4.82. The van der Waals surface area contributed by atoms with Crippen molar-refractivity contribution < 1.29 is 19.4 Å². The lowest BCUT2D eigenvalue weighted by Crippen LogP contribution is -2.46. The number of aliphatic carboxylic acids is 1. The molecule has 0 fully saturated rings. The van der Waals surface area contributed by atoms with Crippen molar-refractivity contribution in [2.75, 3.05) is 12.5 Å². The van der Waals surface area contributed by atoms with Crippen molar-refractivity contribution in [2.45, 2.75) is 0 Å². The molecule has 0 aliphatic heterocycles. The number of carboxylic acids is 1. The highest BCUT2D eigenvalue weighted by atomic mass is 35.5. The fraction of sp³-hybridized carbons (Fsp3) is 0.176. The molecule has 0 aliphatic carbocycles. The number of alkyl halides is 1. The van der Waals surface area contributed by atoms with E-state index < -0.39 is 17.2 Å². The smallest absolute Gasteiger partial charge is 0.322 e. The Labute approximate surface area is 133 Å². The Balaban J connectivity index is 2.28. The first-order valence-corrected chi connectivity index (χ1v) is 7.20. The van der Waals surface area contributed by atoms with E-state index in [0.717, 1.165) is 0 Å². The van der Waals surface area contributed by atoms with Crippen molar-refractivity contribution >= 4 is 23.4 Å². The van der Waals surface area contributed by atoms with Gasteiger partial charge in [0.05, 0.1) is 0 Å². The van der Waals surface area contributed by atoms with Gasteiger partial charge in [-0.3, -0.25) is 9.59 Å². The van der Waals surface area contributed by atoms with Crippen molar-refractivity contribution in [3.8, 4) is 5.75 Å². The number of hydrogen-bond donors (Lipinski definition) is 1. The van der Waals surface area contributed by atoms with Crippen LogP contribution in [0.5, 0.6) is 5.75 Å². The molecule has 1 N–H and O–H groups in total. The molecule has 1 unspecified atom stereocenters. The van der Waals surface area contributed by atoms with E-state index in [1.165, 1.54) is 0 Å². The average molecular weight is 319 g/mol. The van der Waals surface area contributed by atoms with Crippen LogP contribution in [0.15, 0.2) is 60.7 Å². The summed E-state index contributed by atoms with van der Waals surface area (Å²) in [5.41, 5.74) is -1.53. The fourth-order valence-electron chi connectivity index (χ4n) is 1.97. The normalized spacial score (nSPS) is 13.1. The molecule has 2 rings (SSSR count). The minimum absolute atomic E-state index is 0.294. The number of ether oxygens (including phenoxy) is 1. The molecule has 0 aromatic heterocycles. The topological polar surface area (TPSA) is 63.6 Å². The van der Waals surface area contributed by atoms with Crippen molar-refractivity contribution in [1.29, 1.82) is 0 Å². The van der Waals surface area contributed by atoms with Crippen LogP contribution >= 0.6 is 11.6 Å². The summed E-state index contributed by atoms with van der Waals surface area (Å²) in [7, 11) is 0. The van der Waals surface area contributed by atoms with E-state index in [-0.39, 0.29) is 12.5 Å². The van der Waals surface area contributed by atoms with E-state index in [0.29, 0.717) is 11.3 Å². The highest BCUT2D eigenvalue weighted by molar-refractivity contribution is 6.25. The van der Waals surface area contributed by atoms with E-state index in [1.807, 2.05) is 6.07 Å². The Bertz CT molecular complexity index is 642. The van der Waals surface area contributed by atoms with Gasteiger partial charge in [-0.1, -0.05) is 48.5 Å². The van der Waals surface area contributed by atoms with Gasteiger partial charge in [0.2, 0.25) is 0 Å². The molecule has 1 atom stereocenters. The van der Waals surface area contributed by atoms with Gasteiger partial charge in [-0.2, -0.15) is 0 Å². The second kappa shape index (κ2) is 7.09. The number of hydrogen-bond acceptors (Lipinski definition) is 3. The Hall–Kier alpha value is -2.33. The van der Waals surface area contributed by atoms with Crippen LogP contribution < -0.4 is 4.74 Å². The molecule has 0 saturated heterocycles. The maximum Gasteiger partial charge on any atom is 0.322 e. The molecule has 0 aliphatic rings. The number of carboxylic acid groups (broad SMARTS) is 1. The van der Waals surface area contributed by atoms with Crippen LogP contribution in [0.2, 0.25) is 0 Å². The monoisotopic (exact) mass is 318 g/mol. The molecule has 0 spiro atoms. The molecule has 0 heterocycles. The molecule has 0 saturated carbocycles. The summed E-state index contributed by atoms with van der Waals surface area (Å²) in [6.45, 7) is -0.330.